The maximum Gasteiger partial charge on any atom is 0.319 e. The molecule has 1 rings (SSSR count). The molecule has 0 heterocycles. The summed E-state index contributed by atoms with van der Waals surface area (Å²) >= 11 is 0. The van der Waals surface area contributed by atoms with Crippen molar-refractivity contribution in [3.8, 4) is 0 Å². The lowest BCUT2D eigenvalue weighted by molar-refractivity contribution is -0.139. The first-order valence-electron chi connectivity index (χ1n) is 5.49. The SMILES string of the molecule is COC(=O)CNCC(C)(C)c1cccc(F)c1. The van der Waals surface area contributed by atoms with E-state index in [1.807, 2.05) is 19.9 Å². The molecule has 0 radical (unpaired) electrons. The third-order valence-corrected chi connectivity index (χ3v) is 2.67. The number of esters is 1. The van der Waals surface area contributed by atoms with Gasteiger partial charge in [-0.05, 0) is 17.7 Å². The van der Waals surface area contributed by atoms with Crippen LogP contribution in [0.2, 0.25) is 0 Å². The predicted molar refractivity (Wildman–Crippen MR) is 64.3 cm³/mol. The number of rotatable bonds is 5. The van der Waals surface area contributed by atoms with Gasteiger partial charge in [0.25, 0.3) is 0 Å². The quantitative estimate of drug-likeness (QED) is 0.797. The molecule has 0 atom stereocenters. The van der Waals surface area contributed by atoms with Crippen molar-refractivity contribution in [1.29, 1.82) is 0 Å². The molecule has 4 heteroatoms. The zero-order chi connectivity index (χ0) is 12.9. The average molecular weight is 239 g/mol. The summed E-state index contributed by atoms with van der Waals surface area (Å²) in [5.41, 5.74) is 0.658. The van der Waals surface area contributed by atoms with Crippen LogP contribution in [0.3, 0.4) is 0 Å². The highest BCUT2D eigenvalue weighted by Crippen LogP contribution is 2.22. The van der Waals surface area contributed by atoms with Gasteiger partial charge in [0.1, 0.15) is 5.82 Å². The van der Waals surface area contributed by atoms with Crippen LogP contribution in [0.15, 0.2) is 24.3 Å². The van der Waals surface area contributed by atoms with Crippen LogP contribution in [0.1, 0.15) is 19.4 Å². The molecule has 0 unspecified atom stereocenters. The maximum absolute atomic E-state index is 13.1. The fraction of sp³-hybridized carbons (Fsp3) is 0.462. The van der Waals surface area contributed by atoms with Gasteiger partial charge in [-0.25, -0.2) is 4.39 Å². The molecule has 0 saturated carbocycles. The molecule has 1 N–H and O–H groups in total. The number of hydrogen-bond donors (Lipinski definition) is 1. The van der Waals surface area contributed by atoms with Gasteiger partial charge >= 0.3 is 5.97 Å². The summed E-state index contributed by atoms with van der Waals surface area (Å²) < 4.78 is 17.6. The Kier molecular flexibility index (Phi) is 4.63. The van der Waals surface area contributed by atoms with Gasteiger partial charge in [0.05, 0.1) is 13.7 Å². The molecule has 0 aliphatic heterocycles. The number of nitrogens with one attached hydrogen (secondary N) is 1. The molecule has 1 aromatic carbocycles. The van der Waals surface area contributed by atoms with E-state index in [1.165, 1.54) is 19.2 Å². The Hall–Kier alpha value is -1.42. The Balaban J connectivity index is 2.59. The van der Waals surface area contributed by atoms with E-state index in [0.29, 0.717) is 6.54 Å². The number of methoxy groups -OCH3 is 1. The Morgan fingerprint density at radius 1 is 1.47 bits per heavy atom. The maximum atomic E-state index is 13.1. The summed E-state index contributed by atoms with van der Waals surface area (Å²) in [7, 11) is 1.35. The Bertz CT molecular complexity index is 391. The average Bonchev–Trinajstić information content (AvgIpc) is 2.28. The molecule has 17 heavy (non-hydrogen) atoms. The number of benzene rings is 1. The Morgan fingerprint density at radius 2 is 2.18 bits per heavy atom. The molecule has 0 bridgehead atoms. The van der Waals surface area contributed by atoms with E-state index in [4.69, 9.17) is 0 Å². The minimum absolute atomic E-state index is 0.162. The van der Waals surface area contributed by atoms with Gasteiger partial charge < -0.3 is 10.1 Å². The third kappa shape index (κ3) is 4.15. The van der Waals surface area contributed by atoms with Crippen molar-refractivity contribution in [2.75, 3.05) is 20.2 Å². The van der Waals surface area contributed by atoms with E-state index in [2.05, 4.69) is 10.1 Å². The second kappa shape index (κ2) is 5.77. The molecule has 0 aliphatic carbocycles. The number of hydrogen-bond acceptors (Lipinski definition) is 3. The topological polar surface area (TPSA) is 38.3 Å². The first-order chi connectivity index (χ1) is 7.95. The molecule has 1 aromatic rings. The summed E-state index contributed by atoms with van der Waals surface area (Å²) in [6, 6.07) is 6.50. The van der Waals surface area contributed by atoms with Crippen molar-refractivity contribution in [3.05, 3.63) is 35.6 Å². The minimum Gasteiger partial charge on any atom is -0.468 e. The number of halogens is 1. The summed E-state index contributed by atoms with van der Waals surface area (Å²) in [5.74, 6) is -0.552. The summed E-state index contributed by atoms with van der Waals surface area (Å²) in [5, 5.41) is 3.00. The highest BCUT2D eigenvalue weighted by Gasteiger charge is 2.20. The number of carbonyl (C=O) groups excluding carboxylic acids is 1. The third-order valence-electron chi connectivity index (χ3n) is 2.67. The van der Waals surface area contributed by atoms with E-state index in [9.17, 15) is 9.18 Å². The molecule has 0 aromatic heterocycles. The van der Waals surface area contributed by atoms with Crippen LogP contribution in [-0.4, -0.2) is 26.2 Å². The van der Waals surface area contributed by atoms with Crippen LogP contribution >= 0.6 is 0 Å². The molecule has 3 nitrogen and oxygen atoms in total. The molecular formula is C13H18FNO2. The lowest BCUT2D eigenvalue weighted by Crippen LogP contribution is -2.36. The van der Waals surface area contributed by atoms with Gasteiger partial charge in [0.2, 0.25) is 0 Å². The van der Waals surface area contributed by atoms with Crippen LogP contribution in [0.4, 0.5) is 4.39 Å². The number of carbonyl (C=O) groups is 1. The highest BCUT2D eigenvalue weighted by molar-refractivity contribution is 5.71. The van der Waals surface area contributed by atoms with Crippen LogP contribution < -0.4 is 5.32 Å². The van der Waals surface area contributed by atoms with Crippen LogP contribution in [-0.2, 0) is 14.9 Å². The Morgan fingerprint density at radius 3 is 2.76 bits per heavy atom. The second-order valence-electron chi connectivity index (χ2n) is 4.57. The first-order valence-corrected chi connectivity index (χ1v) is 5.49. The van der Waals surface area contributed by atoms with Gasteiger partial charge in [-0.3, -0.25) is 4.79 Å². The van der Waals surface area contributed by atoms with Gasteiger partial charge in [-0.2, -0.15) is 0 Å². The summed E-state index contributed by atoms with van der Waals surface area (Å²) in [6.45, 7) is 4.72. The zero-order valence-electron chi connectivity index (χ0n) is 10.4. The fourth-order valence-electron chi connectivity index (χ4n) is 1.56. The molecule has 0 amide bonds. The summed E-state index contributed by atoms with van der Waals surface area (Å²) in [6.07, 6.45) is 0. The molecule has 0 saturated heterocycles. The van der Waals surface area contributed by atoms with E-state index >= 15 is 0 Å². The van der Waals surface area contributed by atoms with Crippen molar-refractivity contribution in [1.82, 2.24) is 5.32 Å². The van der Waals surface area contributed by atoms with Crippen molar-refractivity contribution < 1.29 is 13.9 Å². The monoisotopic (exact) mass is 239 g/mol. The summed E-state index contributed by atoms with van der Waals surface area (Å²) in [4.78, 5) is 10.9. The van der Waals surface area contributed by atoms with Gasteiger partial charge in [0.15, 0.2) is 0 Å². The van der Waals surface area contributed by atoms with Gasteiger partial charge in [-0.1, -0.05) is 26.0 Å². The normalized spacial score (nSPS) is 11.3. The molecule has 0 aliphatic rings. The standard InChI is InChI=1S/C13H18FNO2/c1-13(2,9-15-8-12(16)17-3)10-5-4-6-11(14)7-10/h4-7,15H,8-9H2,1-3H3. The van der Waals surface area contributed by atoms with E-state index in [-0.39, 0.29) is 23.7 Å². The second-order valence-corrected chi connectivity index (χ2v) is 4.57. The van der Waals surface area contributed by atoms with E-state index in [0.717, 1.165) is 5.56 Å². The van der Waals surface area contributed by atoms with Crippen molar-refractivity contribution in [2.45, 2.75) is 19.3 Å². The van der Waals surface area contributed by atoms with Crippen LogP contribution in [0, 0.1) is 5.82 Å². The minimum atomic E-state index is -0.306. The number of ether oxygens (including phenoxy) is 1. The largest absolute Gasteiger partial charge is 0.468 e. The lowest BCUT2D eigenvalue weighted by Gasteiger charge is -2.25. The molecule has 94 valence electrons. The van der Waals surface area contributed by atoms with Gasteiger partial charge in [0, 0.05) is 12.0 Å². The Labute approximate surface area is 101 Å². The van der Waals surface area contributed by atoms with Crippen molar-refractivity contribution in [3.63, 3.8) is 0 Å². The highest BCUT2D eigenvalue weighted by atomic mass is 19.1. The molecule has 0 fully saturated rings. The predicted octanol–water partition coefficient (Wildman–Crippen LogP) is 1.87. The van der Waals surface area contributed by atoms with Gasteiger partial charge in [-0.15, -0.1) is 0 Å². The van der Waals surface area contributed by atoms with Crippen molar-refractivity contribution in [2.24, 2.45) is 0 Å². The van der Waals surface area contributed by atoms with E-state index in [1.54, 1.807) is 6.07 Å². The van der Waals surface area contributed by atoms with E-state index < -0.39 is 0 Å². The zero-order valence-corrected chi connectivity index (χ0v) is 10.4. The smallest absolute Gasteiger partial charge is 0.319 e. The lowest BCUT2D eigenvalue weighted by atomic mass is 9.84. The molecule has 0 spiro atoms. The van der Waals surface area contributed by atoms with Crippen LogP contribution in [0.25, 0.3) is 0 Å². The van der Waals surface area contributed by atoms with Crippen molar-refractivity contribution >= 4 is 5.97 Å². The van der Waals surface area contributed by atoms with Crippen LogP contribution in [0.5, 0.6) is 0 Å². The first kappa shape index (κ1) is 13.6. The fourth-order valence-corrected chi connectivity index (χ4v) is 1.56. The molecular weight excluding hydrogens is 221 g/mol.